The van der Waals surface area contributed by atoms with Gasteiger partial charge in [0.05, 0.1) is 0 Å². The van der Waals surface area contributed by atoms with E-state index < -0.39 is 0 Å². The molecule has 1 aromatic carbocycles. The van der Waals surface area contributed by atoms with Crippen LogP contribution in [-0.2, 0) is 12.2 Å². The number of hydrogen-bond acceptors (Lipinski definition) is 3. The molecular weight excluding hydrogens is 324 g/mol. The number of nitrogens with one attached hydrogen (secondary N) is 1. The first-order chi connectivity index (χ1) is 9.17. The van der Waals surface area contributed by atoms with Crippen LogP contribution in [0.2, 0.25) is 0 Å². The molecule has 1 aromatic heterocycles. The number of nitrogens with zero attached hydrogens (tertiary/aromatic N) is 1. The van der Waals surface area contributed by atoms with E-state index in [9.17, 15) is 4.79 Å². The molecule has 0 amide bonds. The van der Waals surface area contributed by atoms with Gasteiger partial charge in [0.25, 0.3) is 5.56 Å². The second-order valence-corrected chi connectivity index (χ2v) is 6.09. The van der Waals surface area contributed by atoms with Gasteiger partial charge in [-0.2, -0.15) is 0 Å². The Morgan fingerprint density at radius 2 is 2.21 bits per heavy atom. The number of rotatable bonds is 5. The van der Waals surface area contributed by atoms with E-state index in [1.807, 2.05) is 12.1 Å². The Morgan fingerprint density at radius 3 is 2.95 bits per heavy atom. The van der Waals surface area contributed by atoms with E-state index in [4.69, 9.17) is 0 Å². The van der Waals surface area contributed by atoms with Gasteiger partial charge in [-0.25, -0.2) is 4.98 Å². The smallest absolute Gasteiger partial charge is 0.251 e. The van der Waals surface area contributed by atoms with Crippen LogP contribution in [0.25, 0.3) is 0 Å². The van der Waals surface area contributed by atoms with Gasteiger partial charge in [-0.05, 0) is 24.1 Å². The average molecular weight is 339 g/mol. The van der Waals surface area contributed by atoms with E-state index in [1.54, 1.807) is 17.8 Å². The molecule has 0 aliphatic carbocycles. The lowest BCUT2D eigenvalue weighted by Crippen LogP contribution is -2.09. The Kier molecular flexibility index (Phi) is 5.22. The Bertz CT molecular complexity index is 612. The first-order valence-corrected chi connectivity index (χ1v) is 7.92. The third kappa shape index (κ3) is 4.51. The molecule has 0 spiro atoms. The molecule has 0 fully saturated rings. The molecular formula is C14H15BrN2OS. The van der Waals surface area contributed by atoms with Gasteiger partial charge < -0.3 is 4.98 Å². The van der Waals surface area contributed by atoms with Crippen LogP contribution in [-0.4, -0.2) is 9.97 Å². The van der Waals surface area contributed by atoms with Crippen molar-refractivity contribution >= 4 is 27.7 Å². The predicted octanol–water partition coefficient (Wildman–Crippen LogP) is 3.78. The van der Waals surface area contributed by atoms with Crippen LogP contribution in [0, 0.1) is 0 Å². The third-order valence-corrected chi connectivity index (χ3v) is 3.98. The Balaban J connectivity index is 2.09. The Morgan fingerprint density at radius 1 is 1.37 bits per heavy atom. The van der Waals surface area contributed by atoms with Gasteiger partial charge in [0.2, 0.25) is 0 Å². The van der Waals surface area contributed by atoms with Gasteiger partial charge in [0.15, 0.2) is 5.16 Å². The van der Waals surface area contributed by atoms with Gasteiger partial charge in [0.1, 0.15) is 0 Å². The van der Waals surface area contributed by atoms with Crippen molar-refractivity contribution in [3.8, 4) is 0 Å². The lowest BCUT2D eigenvalue weighted by atomic mass is 10.2. The van der Waals surface area contributed by atoms with Crippen LogP contribution in [0.3, 0.4) is 0 Å². The van der Waals surface area contributed by atoms with Crippen molar-refractivity contribution < 1.29 is 0 Å². The summed E-state index contributed by atoms with van der Waals surface area (Å²) in [6, 6.07) is 9.71. The zero-order valence-corrected chi connectivity index (χ0v) is 13.1. The van der Waals surface area contributed by atoms with Gasteiger partial charge in [0, 0.05) is 22.0 Å². The first-order valence-electron chi connectivity index (χ1n) is 6.15. The zero-order chi connectivity index (χ0) is 13.7. The summed E-state index contributed by atoms with van der Waals surface area (Å²) in [4.78, 5) is 18.8. The molecule has 0 aliphatic heterocycles. The molecule has 5 heteroatoms. The number of thioether (sulfide) groups is 1. The number of aromatic amines is 1. The maximum absolute atomic E-state index is 11.5. The quantitative estimate of drug-likeness (QED) is 0.666. The highest BCUT2D eigenvalue weighted by Crippen LogP contribution is 2.21. The zero-order valence-electron chi connectivity index (χ0n) is 10.6. The van der Waals surface area contributed by atoms with Crippen molar-refractivity contribution in [1.29, 1.82) is 0 Å². The standard InChI is InChI=1S/C14H15BrN2OS/c1-2-4-12-8-13(18)17-14(16-12)19-9-10-5-3-6-11(15)7-10/h3,5-8H,2,4,9H2,1H3,(H,16,17,18). The molecule has 100 valence electrons. The second-order valence-electron chi connectivity index (χ2n) is 4.21. The normalized spacial score (nSPS) is 10.6. The highest BCUT2D eigenvalue weighted by Gasteiger charge is 2.03. The first kappa shape index (κ1) is 14.3. The maximum Gasteiger partial charge on any atom is 0.251 e. The number of hydrogen-bond donors (Lipinski definition) is 1. The lowest BCUT2D eigenvalue weighted by Gasteiger charge is -2.04. The Hall–Kier alpha value is -1.07. The molecule has 19 heavy (non-hydrogen) atoms. The van der Waals surface area contributed by atoms with E-state index in [0.717, 1.165) is 28.8 Å². The van der Waals surface area contributed by atoms with Crippen molar-refractivity contribution in [2.75, 3.05) is 0 Å². The summed E-state index contributed by atoms with van der Waals surface area (Å²) >= 11 is 5.00. The van der Waals surface area contributed by atoms with E-state index in [2.05, 4.69) is 45.0 Å². The van der Waals surface area contributed by atoms with Gasteiger partial charge in [-0.1, -0.05) is 53.2 Å². The monoisotopic (exact) mass is 338 g/mol. The van der Waals surface area contributed by atoms with Gasteiger partial charge in [-0.15, -0.1) is 0 Å². The molecule has 2 rings (SSSR count). The van der Waals surface area contributed by atoms with Crippen LogP contribution < -0.4 is 5.56 Å². The maximum atomic E-state index is 11.5. The molecule has 0 saturated carbocycles. The van der Waals surface area contributed by atoms with Crippen LogP contribution in [0.5, 0.6) is 0 Å². The van der Waals surface area contributed by atoms with Gasteiger partial charge in [-0.3, -0.25) is 4.79 Å². The fraction of sp³-hybridized carbons (Fsp3) is 0.286. The summed E-state index contributed by atoms with van der Waals surface area (Å²) in [6.07, 6.45) is 1.83. The van der Waals surface area contributed by atoms with Crippen molar-refractivity contribution in [1.82, 2.24) is 9.97 Å². The average Bonchev–Trinajstić information content (AvgIpc) is 2.36. The van der Waals surface area contributed by atoms with Crippen molar-refractivity contribution in [3.05, 3.63) is 56.4 Å². The summed E-state index contributed by atoms with van der Waals surface area (Å²) in [7, 11) is 0. The molecule has 1 N–H and O–H groups in total. The van der Waals surface area contributed by atoms with E-state index in [0.29, 0.717) is 5.16 Å². The van der Waals surface area contributed by atoms with Crippen molar-refractivity contribution in [3.63, 3.8) is 0 Å². The Labute approximate surface area is 125 Å². The largest absolute Gasteiger partial charge is 0.301 e. The van der Waals surface area contributed by atoms with E-state index >= 15 is 0 Å². The molecule has 0 saturated heterocycles. The molecule has 1 heterocycles. The highest BCUT2D eigenvalue weighted by atomic mass is 79.9. The minimum Gasteiger partial charge on any atom is -0.301 e. The highest BCUT2D eigenvalue weighted by molar-refractivity contribution is 9.10. The summed E-state index contributed by atoms with van der Waals surface area (Å²) in [5, 5.41) is 0.691. The molecule has 2 aromatic rings. The number of H-pyrrole nitrogens is 1. The number of aryl methyl sites for hydroxylation is 1. The number of aromatic nitrogens is 2. The summed E-state index contributed by atoms with van der Waals surface area (Å²) in [6.45, 7) is 2.08. The number of halogens is 1. The van der Waals surface area contributed by atoms with Gasteiger partial charge >= 0.3 is 0 Å². The molecule has 0 aliphatic rings. The SMILES string of the molecule is CCCc1cc(=O)[nH]c(SCc2cccc(Br)c2)n1. The molecule has 0 atom stereocenters. The second kappa shape index (κ2) is 6.91. The topological polar surface area (TPSA) is 45.8 Å². The minimum atomic E-state index is -0.0739. The fourth-order valence-electron chi connectivity index (χ4n) is 1.71. The lowest BCUT2D eigenvalue weighted by molar-refractivity contribution is 0.816. The summed E-state index contributed by atoms with van der Waals surface area (Å²) < 4.78 is 1.06. The minimum absolute atomic E-state index is 0.0739. The molecule has 0 radical (unpaired) electrons. The van der Waals surface area contributed by atoms with Crippen molar-refractivity contribution in [2.24, 2.45) is 0 Å². The molecule has 0 unspecified atom stereocenters. The van der Waals surface area contributed by atoms with E-state index in [-0.39, 0.29) is 5.56 Å². The number of benzene rings is 1. The summed E-state index contributed by atoms with van der Waals surface area (Å²) in [5.74, 6) is 0.790. The predicted molar refractivity (Wildman–Crippen MR) is 82.6 cm³/mol. The molecule has 0 bridgehead atoms. The van der Waals surface area contributed by atoms with Crippen LogP contribution in [0.15, 0.2) is 44.8 Å². The summed E-state index contributed by atoms with van der Waals surface area (Å²) in [5.41, 5.74) is 1.99. The third-order valence-electron chi connectivity index (χ3n) is 2.54. The van der Waals surface area contributed by atoms with Crippen LogP contribution in [0.4, 0.5) is 0 Å². The fourth-order valence-corrected chi connectivity index (χ4v) is 3.00. The van der Waals surface area contributed by atoms with Crippen molar-refractivity contribution in [2.45, 2.75) is 30.7 Å². The van der Waals surface area contributed by atoms with E-state index in [1.165, 1.54) is 5.56 Å². The van der Waals surface area contributed by atoms with Crippen LogP contribution in [0.1, 0.15) is 24.6 Å². The molecule has 3 nitrogen and oxygen atoms in total. The van der Waals surface area contributed by atoms with Crippen LogP contribution >= 0.6 is 27.7 Å².